The van der Waals surface area contributed by atoms with Gasteiger partial charge in [0.25, 0.3) is 5.56 Å². The van der Waals surface area contributed by atoms with Crippen molar-refractivity contribution in [2.45, 2.75) is 19.9 Å². The van der Waals surface area contributed by atoms with Gasteiger partial charge >= 0.3 is 0 Å². The minimum absolute atomic E-state index is 0.106. The lowest BCUT2D eigenvalue weighted by molar-refractivity contribution is 0.674. The summed E-state index contributed by atoms with van der Waals surface area (Å²) in [6, 6.07) is 11.2. The Hall–Kier alpha value is -1.61. The van der Waals surface area contributed by atoms with E-state index < -0.39 is 0 Å². The second kappa shape index (κ2) is 5.15. The first-order valence-corrected chi connectivity index (χ1v) is 5.88. The molecule has 0 saturated carbocycles. The fourth-order valence-corrected chi connectivity index (χ4v) is 1.92. The Balaban J connectivity index is 2.42. The Morgan fingerprint density at radius 2 is 2.00 bits per heavy atom. The Morgan fingerprint density at radius 3 is 2.65 bits per heavy atom. The summed E-state index contributed by atoms with van der Waals surface area (Å²) in [6.07, 6.45) is 0.683. The molecule has 2 rings (SSSR count). The lowest BCUT2D eigenvalue weighted by Gasteiger charge is -2.10. The van der Waals surface area contributed by atoms with Crippen LogP contribution in [0.25, 0.3) is 0 Å². The maximum absolute atomic E-state index is 11.9. The molecule has 17 heavy (non-hydrogen) atoms. The monoisotopic (exact) mass is 248 g/mol. The van der Waals surface area contributed by atoms with Gasteiger partial charge in [0.15, 0.2) is 0 Å². The largest absolute Gasteiger partial charge is 0.292 e. The first-order chi connectivity index (χ1) is 8.20. The standard InChI is InChI=1S/C13H13ClN2O/c1-2-12-15-11(14)8-13(17)16(12)9-10-6-4-3-5-7-10/h3-8H,2,9H2,1H3. The predicted molar refractivity (Wildman–Crippen MR) is 68.4 cm³/mol. The number of benzene rings is 1. The molecule has 0 amide bonds. The van der Waals surface area contributed by atoms with E-state index >= 15 is 0 Å². The highest BCUT2D eigenvalue weighted by Gasteiger charge is 2.06. The summed E-state index contributed by atoms with van der Waals surface area (Å²) in [5.41, 5.74) is 0.971. The van der Waals surface area contributed by atoms with Gasteiger partial charge in [0.2, 0.25) is 0 Å². The van der Waals surface area contributed by atoms with E-state index in [1.807, 2.05) is 37.3 Å². The molecule has 0 bridgehead atoms. The van der Waals surface area contributed by atoms with Crippen LogP contribution in [0.4, 0.5) is 0 Å². The summed E-state index contributed by atoms with van der Waals surface area (Å²) in [4.78, 5) is 16.0. The molecule has 0 aliphatic heterocycles. The zero-order valence-corrected chi connectivity index (χ0v) is 10.3. The molecule has 3 nitrogen and oxygen atoms in total. The van der Waals surface area contributed by atoms with Crippen LogP contribution in [0, 0.1) is 0 Å². The van der Waals surface area contributed by atoms with Crippen molar-refractivity contribution >= 4 is 11.6 Å². The number of halogens is 1. The summed E-state index contributed by atoms with van der Waals surface area (Å²) < 4.78 is 1.65. The summed E-state index contributed by atoms with van der Waals surface area (Å²) in [7, 11) is 0. The number of hydrogen-bond acceptors (Lipinski definition) is 2. The quantitative estimate of drug-likeness (QED) is 0.783. The fraction of sp³-hybridized carbons (Fsp3) is 0.231. The Bertz CT molecular complexity index is 563. The van der Waals surface area contributed by atoms with E-state index in [0.29, 0.717) is 18.8 Å². The molecule has 1 aromatic heterocycles. The highest BCUT2D eigenvalue weighted by Crippen LogP contribution is 2.06. The predicted octanol–water partition coefficient (Wildman–Crippen LogP) is 2.51. The smallest absolute Gasteiger partial charge is 0.255 e. The topological polar surface area (TPSA) is 34.9 Å². The minimum atomic E-state index is -0.106. The van der Waals surface area contributed by atoms with Crippen molar-refractivity contribution in [1.82, 2.24) is 9.55 Å². The van der Waals surface area contributed by atoms with Crippen LogP contribution in [0.3, 0.4) is 0 Å². The molecular weight excluding hydrogens is 236 g/mol. The van der Waals surface area contributed by atoms with E-state index in [9.17, 15) is 4.79 Å². The van der Waals surface area contributed by atoms with Gasteiger partial charge in [-0.05, 0) is 5.56 Å². The summed E-state index contributed by atoms with van der Waals surface area (Å²) in [5, 5.41) is 0.260. The molecule has 1 heterocycles. The zero-order chi connectivity index (χ0) is 12.3. The van der Waals surface area contributed by atoms with Crippen molar-refractivity contribution in [3.05, 3.63) is 63.3 Å². The molecule has 0 aliphatic rings. The average molecular weight is 249 g/mol. The van der Waals surface area contributed by atoms with Crippen LogP contribution in [0.5, 0.6) is 0 Å². The number of rotatable bonds is 3. The van der Waals surface area contributed by atoms with Gasteiger partial charge in [-0.2, -0.15) is 0 Å². The number of hydrogen-bond donors (Lipinski definition) is 0. The van der Waals surface area contributed by atoms with Gasteiger partial charge < -0.3 is 0 Å². The van der Waals surface area contributed by atoms with Gasteiger partial charge in [0, 0.05) is 12.5 Å². The molecule has 0 atom stereocenters. The Labute approximate surface area is 105 Å². The average Bonchev–Trinajstić information content (AvgIpc) is 2.33. The first kappa shape index (κ1) is 11.9. The van der Waals surface area contributed by atoms with Gasteiger partial charge in [-0.15, -0.1) is 0 Å². The molecule has 88 valence electrons. The number of nitrogens with zero attached hydrogens (tertiary/aromatic N) is 2. The van der Waals surface area contributed by atoms with Gasteiger partial charge in [-0.3, -0.25) is 9.36 Å². The third-order valence-corrected chi connectivity index (χ3v) is 2.75. The maximum Gasteiger partial charge on any atom is 0.255 e. The zero-order valence-electron chi connectivity index (χ0n) is 9.56. The molecule has 2 aromatic rings. The van der Waals surface area contributed by atoms with E-state index in [0.717, 1.165) is 5.56 Å². The van der Waals surface area contributed by atoms with E-state index in [1.165, 1.54) is 6.07 Å². The lowest BCUT2D eigenvalue weighted by Crippen LogP contribution is -2.24. The third kappa shape index (κ3) is 2.74. The number of aromatic nitrogens is 2. The van der Waals surface area contributed by atoms with Crippen LogP contribution in [-0.2, 0) is 13.0 Å². The van der Waals surface area contributed by atoms with Gasteiger partial charge in [0.05, 0.1) is 6.54 Å². The van der Waals surface area contributed by atoms with Crippen LogP contribution in [-0.4, -0.2) is 9.55 Å². The van der Waals surface area contributed by atoms with Gasteiger partial charge in [-0.25, -0.2) is 4.98 Å². The molecule has 0 radical (unpaired) electrons. The van der Waals surface area contributed by atoms with Crippen LogP contribution in [0.1, 0.15) is 18.3 Å². The van der Waals surface area contributed by atoms with Gasteiger partial charge in [0.1, 0.15) is 11.0 Å². The normalized spacial score (nSPS) is 10.5. The summed E-state index contributed by atoms with van der Waals surface area (Å²) in [5.74, 6) is 0.714. The molecule has 0 unspecified atom stereocenters. The summed E-state index contributed by atoms with van der Waals surface area (Å²) >= 11 is 5.78. The second-order valence-electron chi connectivity index (χ2n) is 3.76. The lowest BCUT2D eigenvalue weighted by atomic mass is 10.2. The van der Waals surface area contributed by atoms with Crippen molar-refractivity contribution in [2.75, 3.05) is 0 Å². The van der Waals surface area contributed by atoms with Crippen molar-refractivity contribution < 1.29 is 0 Å². The van der Waals surface area contributed by atoms with Crippen LogP contribution >= 0.6 is 11.6 Å². The Morgan fingerprint density at radius 1 is 1.29 bits per heavy atom. The molecule has 4 heteroatoms. The summed E-state index contributed by atoms with van der Waals surface area (Å²) in [6.45, 7) is 2.49. The highest BCUT2D eigenvalue weighted by molar-refractivity contribution is 6.29. The second-order valence-corrected chi connectivity index (χ2v) is 4.15. The van der Waals surface area contributed by atoms with Crippen LogP contribution in [0.2, 0.25) is 5.15 Å². The maximum atomic E-state index is 11.9. The molecule has 0 fully saturated rings. The molecule has 0 N–H and O–H groups in total. The van der Waals surface area contributed by atoms with Crippen molar-refractivity contribution in [1.29, 1.82) is 0 Å². The number of aryl methyl sites for hydroxylation is 1. The van der Waals surface area contributed by atoms with E-state index in [1.54, 1.807) is 4.57 Å². The minimum Gasteiger partial charge on any atom is -0.292 e. The molecule has 0 saturated heterocycles. The Kier molecular flexibility index (Phi) is 3.59. The van der Waals surface area contributed by atoms with E-state index in [4.69, 9.17) is 11.6 Å². The van der Waals surface area contributed by atoms with Crippen molar-refractivity contribution in [2.24, 2.45) is 0 Å². The highest BCUT2D eigenvalue weighted by atomic mass is 35.5. The molecule has 1 aromatic carbocycles. The first-order valence-electron chi connectivity index (χ1n) is 5.51. The SMILES string of the molecule is CCc1nc(Cl)cc(=O)n1Cc1ccccc1. The fourth-order valence-electron chi connectivity index (χ4n) is 1.73. The van der Waals surface area contributed by atoms with Crippen molar-refractivity contribution in [3.63, 3.8) is 0 Å². The third-order valence-electron chi connectivity index (χ3n) is 2.56. The van der Waals surface area contributed by atoms with Crippen molar-refractivity contribution in [3.8, 4) is 0 Å². The van der Waals surface area contributed by atoms with Crippen LogP contribution in [0.15, 0.2) is 41.2 Å². The molecular formula is C13H13ClN2O. The molecule has 0 aliphatic carbocycles. The van der Waals surface area contributed by atoms with E-state index in [-0.39, 0.29) is 10.7 Å². The van der Waals surface area contributed by atoms with E-state index in [2.05, 4.69) is 4.98 Å². The van der Waals surface area contributed by atoms with Gasteiger partial charge in [-0.1, -0.05) is 48.9 Å². The van der Waals surface area contributed by atoms with Crippen LogP contribution < -0.4 is 5.56 Å². The molecule has 0 spiro atoms.